The van der Waals surface area contributed by atoms with Gasteiger partial charge in [0.05, 0.1) is 6.61 Å². The summed E-state index contributed by atoms with van der Waals surface area (Å²) in [5.74, 6) is 0.126. The normalized spacial score (nSPS) is 21.9. The van der Waals surface area contributed by atoms with Gasteiger partial charge in [0, 0.05) is 12.5 Å². The smallest absolute Gasteiger partial charge is 0.372 e. The molecule has 1 aliphatic heterocycles. The Kier molecular flexibility index (Phi) is 5.87. The van der Waals surface area contributed by atoms with Crippen molar-refractivity contribution in [2.45, 2.75) is 32.0 Å². The van der Waals surface area contributed by atoms with Crippen LogP contribution < -0.4 is 10.6 Å². The van der Waals surface area contributed by atoms with Crippen LogP contribution in [0.25, 0.3) is 0 Å². The molecule has 1 rings (SSSR count). The molecule has 0 radical (unpaired) electrons. The van der Waals surface area contributed by atoms with E-state index >= 15 is 0 Å². The molecular formula is C11H19F3N2O2. The third kappa shape index (κ3) is 6.20. The van der Waals surface area contributed by atoms with Crippen molar-refractivity contribution in [3.63, 3.8) is 0 Å². The number of hydrogen-bond acceptors (Lipinski definition) is 3. The van der Waals surface area contributed by atoms with Gasteiger partial charge in [-0.25, -0.2) is 0 Å². The summed E-state index contributed by atoms with van der Waals surface area (Å²) in [7, 11) is 0. The highest BCUT2D eigenvalue weighted by Gasteiger charge is 2.27. The van der Waals surface area contributed by atoms with Crippen LogP contribution >= 0.6 is 0 Å². The second-order valence-corrected chi connectivity index (χ2v) is 4.53. The van der Waals surface area contributed by atoms with Crippen molar-refractivity contribution < 1.29 is 22.7 Å². The van der Waals surface area contributed by atoms with Crippen LogP contribution in [-0.2, 0) is 9.53 Å². The first kappa shape index (κ1) is 15.2. The van der Waals surface area contributed by atoms with Crippen LogP contribution in [0.4, 0.5) is 13.2 Å². The number of alkyl halides is 3. The van der Waals surface area contributed by atoms with E-state index in [4.69, 9.17) is 0 Å². The van der Waals surface area contributed by atoms with E-state index in [-0.39, 0.29) is 25.0 Å². The Bertz CT molecular complexity index is 266. The van der Waals surface area contributed by atoms with Gasteiger partial charge in [0.1, 0.15) is 6.61 Å². The Hall–Kier alpha value is -0.820. The molecule has 0 aromatic rings. The minimum absolute atomic E-state index is 0.0371. The SMILES string of the molecule is CC(NC(=O)CCOCC(F)(F)F)C1CCNC1. The zero-order chi connectivity index (χ0) is 13.6. The number of hydrogen-bond donors (Lipinski definition) is 2. The number of carbonyl (C=O) groups excluding carboxylic acids is 1. The molecule has 0 spiro atoms. The second-order valence-electron chi connectivity index (χ2n) is 4.53. The lowest BCUT2D eigenvalue weighted by Gasteiger charge is -2.19. The molecule has 0 aromatic carbocycles. The molecule has 18 heavy (non-hydrogen) atoms. The van der Waals surface area contributed by atoms with Crippen LogP contribution in [0.3, 0.4) is 0 Å². The van der Waals surface area contributed by atoms with E-state index in [1.165, 1.54) is 0 Å². The zero-order valence-electron chi connectivity index (χ0n) is 10.3. The molecule has 0 aliphatic carbocycles. The Morgan fingerprint density at radius 1 is 1.56 bits per heavy atom. The minimum Gasteiger partial charge on any atom is -0.372 e. The molecule has 4 nitrogen and oxygen atoms in total. The van der Waals surface area contributed by atoms with Crippen LogP contribution in [0.15, 0.2) is 0 Å². The maximum Gasteiger partial charge on any atom is 0.411 e. The molecule has 106 valence electrons. The number of amides is 1. The lowest BCUT2D eigenvalue weighted by atomic mass is 10.0. The summed E-state index contributed by atoms with van der Waals surface area (Å²) in [5.41, 5.74) is 0. The van der Waals surface area contributed by atoms with Crippen molar-refractivity contribution in [2.75, 3.05) is 26.3 Å². The first-order valence-electron chi connectivity index (χ1n) is 6.03. The fraction of sp³-hybridized carbons (Fsp3) is 0.909. The van der Waals surface area contributed by atoms with Gasteiger partial charge in [-0.05, 0) is 32.4 Å². The average Bonchev–Trinajstić information content (AvgIpc) is 2.76. The number of halogens is 3. The van der Waals surface area contributed by atoms with Crippen molar-refractivity contribution in [3.05, 3.63) is 0 Å². The molecule has 0 bridgehead atoms. The maximum atomic E-state index is 11.8. The van der Waals surface area contributed by atoms with Crippen LogP contribution in [0.2, 0.25) is 0 Å². The van der Waals surface area contributed by atoms with Crippen LogP contribution in [0.5, 0.6) is 0 Å². The van der Waals surface area contributed by atoms with Gasteiger partial charge in [0.25, 0.3) is 0 Å². The molecule has 2 unspecified atom stereocenters. The third-order valence-electron chi connectivity index (χ3n) is 2.93. The van der Waals surface area contributed by atoms with Crippen molar-refractivity contribution in [1.82, 2.24) is 10.6 Å². The summed E-state index contributed by atoms with van der Waals surface area (Å²) in [6.45, 7) is 2.21. The van der Waals surface area contributed by atoms with Gasteiger partial charge in [-0.1, -0.05) is 0 Å². The largest absolute Gasteiger partial charge is 0.411 e. The minimum atomic E-state index is -4.33. The van der Waals surface area contributed by atoms with Crippen LogP contribution in [0.1, 0.15) is 19.8 Å². The number of rotatable bonds is 6. The highest BCUT2D eigenvalue weighted by atomic mass is 19.4. The molecule has 1 saturated heterocycles. The monoisotopic (exact) mass is 268 g/mol. The molecule has 2 N–H and O–H groups in total. The molecule has 1 amide bonds. The molecule has 2 atom stereocenters. The standard InChI is InChI=1S/C11H19F3N2O2/c1-8(9-2-4-15-6-9)16-10(17)3-5-18-7-11(12,13)14/h8-9,15H,2-7H2,1H3,(H,16,17). The van der Waals surface area contributed by atoms with Crippen LogP contribution in [-0.4, -0.2) is 44.4 Å². The molecule has 1 aliphatic rings. The second kappa shape index (κ2) is 6.94. The lowest BCUT2D eigenvalue weighted by molar-refractivity contribution is -0.174. The summed E-state index contributed by atoms with van der Waals surface area (Å²) in [5, 5.41) is 5.97. The highest BCUT2D eigenvalue weighted by molar-refractivity contribution is 5.76. The van der Waals surface area contributed by atoms with Gasteiger partial charge in [0.15, 0.2) is 0 Å². The zero-order valence-corrected chi connectivity index (χ0v) is 10.3. The molecule has 1 heterocycles. The number of nitrogens with one attached hydrogen (secondary N) is 2. The third-order valence-corrected chi connectivity index (χ3v) is 2.93. The summed E-state index contributed by atoms with van der Waals surface area (Å²) in [6, 6.07) is 0.0371. The first-order chi connectivity index (χ1) is 8.38. The van der Waals surface area contributed by atoms with Gasteiger partial charge in [-0.15, -0.1) is 0 Å². The van der Waals surface area contributed by atoms with Crippen molar-refractivity contribution >= 4 is 5.91 Å². The topological polar surface area (TPSA) is 50.4 Å². The average molecular weight is 268 g/mol. The van der Waals surface area contributed by atoms with E-state index in [0.717, 1.165) is 19.5 Å². The van der Waals surface area contributed by atoms with Crippen molar-refractivity contribution in [2.24, 2.45) is 5.92 Å². The Labute approximate surface area is 104 Å². The Balaban J connectivity index is 2.09. The number of carbonyl (C=O) groups is 1. The van der Waals surface area contributed by atoms with E-state index in [0.29, 0.717) is 5.92 Å². The predicted octanol–water partition coefficient (Wildman–Crippen LogP) is 1.07. The Morgan fingerprint density at radius 3 is 2.83 bits per heavy atom. The molecule has 7 heteroatoms. The van der Waals surface area contributed by atoms with Crippen LogP contribution in [0, 0.1) is 5.92 Å². The fourth-order valence-electron chi connectivity index (χ4n) is 1.90. The highest BCUT2D eigenvalue weighted by Crippen LogP contribution is 2.14. The Morgan fingerprint density at radius 2 is 2.28 bits per heavy atom. The quantitative estimate of drug-likeness (QED) is 0.708. The van der Waals surface area contributed by atoms with Crippen molar-refractivity contribution in [3.8, 4) is 0 Å². The van der Waals surface area contributed by atoms with Crippen molar-refractivity contribution in [1.29, 1.82) is 0 Å². The molecule has 0 saturated carbocycles. The first-order valence-corrected chi connectivity index (χ1v) is 6.03. The van der Waals surface area contributed by atoms with Gasteiger partial charge in [-0.2, -0.15) is 13.2 Å². The van der Waals surface area contributed by atoms with E-state index in [1.807, 2.05) is 6.92 Å². The summed E-state index contributed by atoms with van der Waals surface area (Å²) >= 11 is 0. The van der Waals surface area contributed by atoms with E-state index in [1.54, 1.807) is 0 Å². The number of ether oxygens (including phenoxy) is 1. The maximum absolute atomic E-state index is 11.8. The molecule has 1 fully saturated rings. The van der Waals surface area contributed by atoms with Gasteiger partial charge < -0.3 is 15.4 Å². The molecule has 0 aromatic heterocycles. The van der Waals surface area contributed by atoms with E-state index in [2.05, 4.69) is 15.4 Å². The predicted molar refractivity (Wildman–Crippen MR) is 60.1 cm³/mol. The fourth-order valence-corrected chi connectivity index (χ4v) is 1.90. The van der Waals surface area contributed by atoms with Gasteiger partial charge in [-0.3, -0.25) is 4.79 Å². The lowest BCUT2D eigenvalue weighted by Crippen LogP contribution is -2.39. The summed E-state index contributed by atoms with van der Waals surface area (Å²) in [4.78, 5) is 11.4. The summed E-state index contributed by atoms with van der Waals surface area (Å²) in [6.07, 6.45) is -3.37. The summed E-state index contributed by atoms with van der Waals surface area (Å²) < 4.78 is 39.7. The van der Waals surface area contributed by atoms with Gasteiger partial charge >= 0.3 is 6.18 Å². The van der Waals surface area contributed by atoms with Gasteiger partial charge in [0.2, 0.25) is 5.91 Å². The van der Waals surface area contributed by atoms with E-state index in [9.17, 15) is 18.0 Å². The molecular weight excluding hydrogens is 249 g/mol. The van der Waals surface area contributed by atoms with E-state index < -0.39 is 12.8 Å².